The molecule has 0 unspecified atom stereocenters. The van der Waals surface area contributed by atoms with Gasteiger partial charge < -0.3 is 10.6 Å². The molecule has 3 aromatic rings. The van der Waals surface area contributed by atoms with Crippen molar-refractivity contribution in [3.05, 3.63) is 64.8 Å². The number of aryl methyl sites for hydroxylation is 4. The molecule has 0 aliphatic heterocycles. The number of nitrogens with zero attached hydrogens (tertiary/aromatic N) is 3. The number of anilines is 4. The Kier molecular flexibility index (Phi) is 4.93. The summed E-state index contributed by atoms with van der Waals surface area (Å²) in [7, 11) is 0. The maximum Gasteiger partial charge on any atom is 0.249 e. The second-order valence-corrected chi connectivity index (χ2v) is 6.24. The zero-order valence-corrected chi connectivity index (χ0v) is 15.1. The molecule has 0 atom stereocenters. The first-order chi connectivity index (χ1) is 12.0. The van der Waals surface area contributed by atoms with Gasteiger partial charge in [-0.05, 0) is 56.0 Å². The molecule has 3 rings (SSSR count). The van der Waals surface area contributed by atoms with Crippen LogP contribution in [0, 0.1) is 20.8 Å². The molecule has 2 N–H and O–H groups in total. The average Bonchev–Trinajstić information content (AvgIpc) is 2.59. The number of rotatable bonds is 5. The molecule has 0 radical (unpaired) electrons. The van der Waals surface area contributed by atoms with Gasteiger partial charge in [0.1, 0.15) is 0 Å². The Morgan fingerprint density at radius 2 is 1.60 bits per heavy atom. The van der Waals surface area contributed by atoms with Crippen molar-refractivity contribution in [1.29, 1.82) is 0 Å². The normalized spacial score (nSPS) is 10.6. The van der Waals surface area contributed by atoms with E-state index in [1.165, 1.54) is 22.3 Å². The van der Waals surface area contributed by atoms with E-state index in [4.69, 9.17) is 0 Å². The van der Waals surface area contributed by atoms with Crippen molar-refractivity contribution < 1.29 is 0 Å². The van der Waals surface area contributed by atoms with Crippen LogP contribution in [0.5, 0.6) is 0 Å². The maximum atomic E-state index is 4.51. The highest BCUT2D eigenvalue weighted by Gasteiger charge is 2.07. The zero-order chi connectivity index (χ0) is 17.8. The molecule has 0 saturated heterocycles. The van der Waals surface area contributed by atoms with Crippen LogP contribution >= 0.6 is 0 Å². The number of nitrogens with one attached hydrogen (secondary N) is 2. The Balaban J connectivity index is 1.79. The van der Waals surface area contributed by atoms with Gasteiger partial charge in [0, 0.05) is 11.4 Å². The Hall–Kier alpha value is -2.95. The monoisotopic (exact) mass is 333 g/mol. The number of aromatic nitrogens is 3. The lowest BCUT2D eigenvalue weighted by Crippen LogP contribution is -2.04. The third kappa shape index (κ3) is 4.12. The van der Waals surface area contributed by atoms with Crippen LogP contribution in [-0.4, -0.2) is 15.2 Å². The van der Waals surface area contributed by atoms with Gasteiger partial charge in [0.15, 0.2) is 5.82 Å². The maximum absolute atomic E-state index is 4.51. The minimum Gasteiger partial charge on any atom is -0.338 e. The fourth-order valence-electron chi connectivity index (χ4n) is 2.87. The summed E-state index contributed by atoms with van der Waals surface area (Å²) in [4.78, 5) is 4.51. The Labute approximate surface area is 148 Å². The molecule has 0 aliphatic rings. The Morgan fingerprint density at radius 3 is 2.24 bits per heavy atom. The topological polar surface area (TPSA) is 62.7 Å². The van der Waals surface area contributed by atoms with Crippen LogP contribution < -0.4 is 10.6 Å². The highest BCUT2D eigenvalue weighted by Crippen LogP contribution is 2.25. The summed E-state index contributed by atoms with van der Waals surface area (Å²) in [6.45, 7) is 8.41. The van der Waals surface area contributed by atoms with Gasteiger partial charge in [0.25, 0.3) is 0 Å². The van der Waals surface area contributed by atoms with E-state index >= 15 is 0 Å². The van der Waals surface area contributed by atoms with Gasteiger partial charge in [-0.3, -0.25) is 0 Å². The van der Waals surface area contributed by atoms with Crippen LogP contribution in [0.3, 0.4) is 0 Å². The van der Waals surface area contributed by atoms with Crippen molar-refractivity contribution in [1.82, 2.24) is 15.2 Å². The smallest absolute Gasteiger partial charge is 0.249 e. The van der Waals surface area contributed by atoms with E-state index in [0.29, 0.717) is 11.8 Å². The molecule has 5 heteroatoms. The fraction of sp³-hybridized carbons (Fsp3) is 0.250. The molecule has 25 heavy (non-hydrogen) atoms. The second kappa shape index (κ2) is 7.30. The highest BCUT2D eigenvalue weighted by atomic mass is 15.3. The lowest BCUT2D eigenvalue weighted by molar-refractivity contribution is 0.981. The predicted molar refractivity (Wildman–Crippen MR) is 103 cm³/mol. The summed E-state index contributed by atoms with van der Waals surface area (Å²) in [5, 5.41) is 14.7. The molecule has 5 nitrogen and oxygen atoms in total. The lowest BCUT2D eigenvalue weighted by Gasteiger charge is -2.13. The Bertz CT molecular complexity index is 849. The van der Waals surface area contributed by atoms with E-state index in [1.807, 2.05) is 12.1 Å². The Morgan fingerprint density at radius 1 is 0.920 bits per heavy atom. The summed E-state index contributed by atoms with van der Waals surface area (Å²) in [6, 6.07) is 12.5. The largest absolute Gasteiger partial charge is 0.338 e. The van der Waals surface area contributed by atoms with Gasteiger partial charge in [-0.25, -0.2) is 0 Å². The third-order valence-corrected chi connectivity index (χ3v) is 4.11. The van der Waals surface area contributed by atoms with Crippen LogP contribution in [0.2, 0.25) is 0 Å². The van der Waals surface area contributed by atoms with E-state index in [2.05, 4.69) is 77.8 Å². The van der Waals surface area contributed by atoms with Gasteiger partial charge in [-0.15, -0.1) is 5.10 Å². The molecule has 1 heterocycles. The van der Waals surface area contributed by atoms with Crippen molar-refractivity contribution in [2.24, 2.45) is 0 Å². The van der Waals surface area contributed by atoms with Crippen molar-refractivity contribution >= 4 is 23.1 Å². The van der Waals surface area contributed by atoms with Crippen LogP contribution in [0.1, 0.15) is 29.2 Å². The van der Waals surface area contributed by atoms with Crippen molar-refractivity contribution in [3.8, 4) is 0 Å². The zero-order valence-electron chi connectivity index (χ0n) is 15.1. The molecule has 0 fully saturated rings. The number of benzene rings is 2. The van der Waals surface area contributed by atoms with Gasteiger partial charge in [0.2, 0.25) is 5.95 Å². The van der Waals surface area contributed by atoms with Crippen LogP contribution in [0.15, 0.2) is 42.6 Å². The minimum absolute atomic E-state index is 0.469. The van der Waals surface area contributed by atoms with E-state index in [0.717, 1.165) is 17.8 Å². The van der Waals surface area contributed by atoms with Gasteiger partial charge in [0.05, 0.1) is 6.20 Å². The SMILES string of the molecule is CCc1ccc(Nc2nncc(Nc3c(C)cc(C)cc3C)n2)cc1. The van der Waals surface area contributed by atoms with E-state index in [9.17, 15) is 0 Å². The molecule has 1 aromatic heterocycles. The predicted octanol–water partition coefficient (Wildman–Crippen LogP) is 4.85. The molecule has 2 aromatic carbocycles. The summed E-state index contributed by atoms with van der Waals surface area (Å²) < 4.78 is 0. The molecule has 0 amide bonds. The van der Waals surface area contributed by atoms with Crippen LogP contribution in [0.25, 0.3) is 0 Å². The molecule has 0 spiro atoms. The summed E-state index contributed by atoms with van der Waals surface area (Å²) >= 11 is 0. The first-order valence-corrected chi connectivity index (χ1v) is 8.45. The first-order valence-electron chi connectivity index (χ1n) is 8.45. The fourth-order valence-corrected chi connectivity index (χ4v) is 2.87. The highest BCUT2D eigenvalue weighted by molar-refractivity contribution is 5.65. The van der Waals surface area contributed by atoms with Gasteiger partial charge in [-0.1, -0.05) is 36.8 Å². The summed E-state index contributed by atoms with van der Waals surface area (Å²) in [5.74, 6) is 1.13. The second-order valence-electron chi connectivity index (χ2n) is 6.24. The first kappa shape index (κ1) is 16.9. The lowest BCUT2D eigenvalue weighted by atomic mass is 10.1. The quantitative estimate of drug-likeness (QED) is 0.699. The minimum atomic E-state index is 0.469. The molecule has 0 saturated carbocycles. The van der Waals surface area contributed by atoms with E-state index in [1.54, 1.807) is 6.20 Å². The third-order valence-electron chi connectivity index (χ3n) is 4.11. The molecule has 0 aliphatic carbocycles. The number of hydrogen-bond acceptors (Lipinski definition) is 5. The van der Waals surface area contributed by atoms with Gasteiger partial charge in [-0.2, -0.15) is 10.1 Å². The molecule has 128 valence electrons. The summed E-state index contributed by atoms with van der Waals surface area (Å²) in [5.41, 5.74) is 6.91. The standard InChI is InChI=1S/C20H23N5/c1-5-16-6-8-17(9-7-16)22-20-24-18(12-21-25-20)23-19-14(3)10-13(2)11-15(19)4/h6-12H,5H2,1-4H3,(H2,22,23,24,25). The van der Waals surface area contributed by atoms with Crippen LogP contribution in [0.4, 0.5) is 23.1 Å². The van der Waals surface area contributed by atoms with Crippen molar-refractivity contribution in [2.75, 3.05) is 10.6 Å². The molecular formula is C20H23N5. The van der Waals surface area contributed by atoms with E-state index in [-0.39, 0.29) is 0 Å². The van der Waals surface area contributed by atoms with Gasteiger partial charge >= 0.3 is 0 Å². The summed E-state index contributed by atoms with van der Waals surface area (Å²) in [6.07, 6.45) is 2.65. The van der Waals surface area contributed by atoms with Crippen molar-refractivity contribution in [2.45, 2.75) is 34.1 Å². The average molecular weight is 333 g/mol. The van der Waals surface area contributed by atoms with Crippen molar-refractivity contribution in [3.63, 3.8) is 0 Å². The number of hydrogen-bond donors (Lipinski definition) is 2. The molecule has 0 bridgehead atoms. The van der Waals surface area contributed by atoms with E-state index < -0.39 is 0 Å². The van der Waals surface area contributed by atoms with Crippen LogP contribution in [-0.2, 0) is 6.42 Å². The molecular weight excluding hydrogens is 310 g/mol.